The summed E-state index contributed by atoms with van der Waals surface area (Å²) < 4.78 is 59.3. The third-order valence-corrected chi connectivity index (χ3v) is 6.22. The number of benzene rings is 3. The zero-order chi connectivity index (χ0) is 25.7. The average Bonchev–Trinajstić information content (AvgIpc) is 3.40. The second-order valence-electron chi connectivity index (χ2n) is 8.61. The molecule has 0 radical (unpaired) electrons. The molecule has 184 valence electrons. The van der Waals surface area contributed by atoms with Crippen LogP contribution in [0.4, 0.5) is 17.6 Å². The van der Waals surface area contributed by atoms with Gasteiger partial charge in [0.25, 0.3) is 0 Å². The number of fused-ring (bicyclic) bond motifs is 2. The largest absolute Gasteiger partial charge is 0.423 e. The predicted molar refractivity (Wildman–Crippen MR) is 126 cm³/mol. The van der Waals surface area contributed by atoms with E-state index >= 15 is 0 Å². The molecule has 5 rings (SSSR count). The van der Waals surface area contributed by atoms with Crippen LogP contribution in [0.1, 0.15) is 11.1 Å². The van der Waals surface area contributed by atoms with E-state index in [0.29, 0.717) is 33.1 Å². The number of aromatic nitrogens is 3. The van der Waals surface area contributed by atoms with Crippen molar-refractivity contribution in [3.05, 3.63) is 96.1 Å². The Hall–Kier alpha value is -4.18. The van der Waals surface area contributed by atoms with Crippen molar-refractivity contribution in [1.82, 2.24) is 14.3 Å². The number of alkyl halides is 3. The SMILES string of the molecule is NC(=O)Cc1cn(CC(O)(c2ccc3c(cnn3-c3ccc(F)cc3)c2)C(F)(F)F)c2ccccc12. The Morgan fingerprint density at radius 2 is 1.72 bits per heavy atom. The second-order valence-corrected chi connectivity index (χ2v) is 8.61. The van der Waals surface area contributed by atoms with Crippen molar-refractivity contribution in [2.45, 2.75) is 24.7 Å². The number of carbonyl (C=O) groups excluding carboxylic acids is 1. The molecule has 0 saturated carbocycles. The molecule has 1 amide bonds. The summed E-state index contributed by atoms with van der Waals surface area (Å²) in [6.07, 6.45) is -2.37. The minimum atomic E-state index is -5.02. The Labute approximate surface area is 202 Å². The van der Waals surface area contributed by atoms with E-state index in [1.807, 2.05) is 0 Å². The summed E-state index contributed by atoms with van der Waals surface area (Å²) in [5, 5.41) is 16.3. The van der Waals surface area contributed by atoms with E-state index in [0.717, 1.165) is 0 Å². The van der Waals surface area contributed by atoms with E-state index in [9.17, 15) is 27.5 Å². The van der Waals surface area contributed by atoms with Crippen molar-refractivity contribution in [3.8, 4) is 5.69 Å². The maximum Gasteiger partial charge on any atom is 0.423 e. The molecule has 1 unspecified atom stereocenters. The molecule has 0 saturated heterocycles. The highest BCUT2D eigenvalue weighted by Crippen LogP contribution is 2.42. The van der Waals surface area contributed by atoms with Crippen LogP contribution in [0.25, 0.3) is 27.5 Å². The minimum Gasteiger partial charge on any atom is -0.375 e. The molecule has 0 aliphatic rings. The number of hydrogen-bond donors (Lipinski definition) is 2. The Bertz CT molecular complexity index is 1590. The van der Waals surface area contributed by atoms with Gasteiger partial charge in [0, 0.05) is 22.5 Å². The number of amides is 1. The van der Waals surface area contributed by atoms with Gasteiger partial charge in [-0.05, 0) is 53.6 Å². The van der Waals surface area contributed by atoms with Gasteiger partial charge in [0.15, 0.2) is 0 Å². The molecule has 0 spiro atoms. The summed E-state index contributed by atoms with van der Waals surface area (Å²) in [5.41, 5.74) is 3.63. The van der Waals surface area contributed by atoms with Crippen molar-refractivity contribution in [2.24, 2.45) is 5.73 Å². The number of nitrogens with zero attached hydrogens (tertiary/aromatic N) is 3. The molecule has 0 bridgehead atoms. The lowest BCUT2D eigenvalue weighted by molar-refractivity contribution is -0.271. The fourth-order valence-electron chi connectivity index (χ4n) is 4.45. The maximum absolute atomic E-state index is 14.4. The molecular formula is C26H20F4N4O2. The van der Waals surface area contributed by atoms with Crippen LogP contribution in [0.2, 0.25) is 0 Å². The number of aliphatic hydroxyl groups is 1. The molecule has 2 aromatic heterocycles. The zero-order valence-electron chi connectivity index (χ0n) is 18.7. The average molecular weight is 496 g/mol. The lowest BCUT2D eigenvalue weighted by atomic mass is 9.91. The van der Waals surface area contributed by atoms with Gasteiger partial charge in [-0.25, -0.2) is 9.07 Å². The first-order valence-electron chi connectivity index (χ1n) is 11.0. The van der Waals surface area contributed by atoms with Gasteiger partial charge in [-0.2, -0.15) is 18.3 Å². The van der Waals surface area contributed by atoms with Gasteiger partial charge < -0.3 is 15.4 Å². The molecule has 3 N–H and O–H groups in total. The van der Waals surface area contributed by atoms with Crippen LogP contribution in [0.5, 0.6) is 0 Å². The van der Waals surface area contributed by atoms with Gasteiger partial charge in [-0.1, -0.05) is 24.3 Å². The molecule has 6 nitrogen and oxygen atoms in total. The van der Waals surface area contributed by atoms with E-state index in [1.165, 1.54) is 64.1 Å². The van der Waals surface area contributed by atoms with Crippen LogP contribution in [-0.2, 0) is 23.4 Å². The zero-order valence-corrected chi connectivity index (χ0v) is 18.7. The predicted octanol–water partition coefficient (Wildman–Crippen LogP) is 4.60. The van der Waals surface area contributed by atoms with Gasteiger partial charge in [0.2, 0.25) is 11.5 Å². The lowest BCUT2D eigenvalue weighted by Gasteiger charge is -2.32. The molecule has 3 aromatic carbocycles. The summed E-state index contributed by atoms with van der Waals surface area (Å²) in [6, 6.07) is 16.1. The highest BCUT2D eigenvalue weighted by atomic mass is 19.4. The Morgan fingerprint density at radius 1 is 1.00 bits per heavy atom. The Morgan fingerprint density at radius 3 is 2.42 bits per heavy atom. The number of halogens is 4. The van der Waals surface area contributed by atoms with Gasteiger partial charge in [-0.3, -0.25) is 4.79 Å². The van der Waals surface area contributed by atoms with E-state index in [1.54, 1.807) is 24.3 Å². The first kappa shape index (κ1) is 23.6. The Balaban J connectivity index is 1.59. The molecule has 1 atom stereocenters. The molecule has 5 aromatic rings. The lowest BCUT2D eigenvalue weighted by Crippen LogP contribution is -2.45. The fraction of sp³-hybridized carbons (Fsp3) is 0.154. The highest BCUT2D eigenvalue weighted by Gasteiger charge is 2.55. The standard InChI is InChI=1S/C26H20F4N4O2/c27-19-6-8-20(9-7-19)34-22-10-5-18(11-16(22)13-32-34)25(36,26(28,29)30)15-33-14-17(12-24(31)35)21-3-1-2-4-23(21)33/h1-11,13-14,36H,12,15H2,(H2,31,35). The second kappa shape index (κ2) is 8.49. The van der Waals surface area contributed by atoms with Crippen LogP contribution in [0.3, 0.4) is 0 Å². The quantitative estimate of drug-likeness (QED) is 0.337. The third-order valence-electron chi connectivity index (χ3n) is 6.22. The van der Waals surface area contributed by atoms with Crippen LogP contribution in [0, 0.1) is 5.82 Å². The molecule has 0 aliphatic heterocycles. The summed E-state index contributed by atoms with van der Waals surface area (Å²) in [7, 11) is 0. The van der Waals surface area contributed by atoms with Crippen molar-refractivity contribution in [2.75, 3.05) is 0 Å². The van der Waals surface area contributed by atoms with E-state index in [4.69, 9.17) is 5.73 Å². The van der Waals surface area contributed by atoms with Crippen molar-refractivity contribution >= 4 is 27.7 Å². The first-order chi connectivity index (χ1) is 17.1. The smallest absolute Gasteiger partial charge is 0.375 e. The van der Waals surface area contributed by atoms with Crippen LogP contribution < -0.4 is 5.73 Å². The van der Waals surface area contributed by atoms with E-state index in [2.05, 4.69) is 5.10 Å². The number of nitrogens with two attached hydrogens (primary N) is 1. The third kappa shape index (κ3) is 3.99. The van der Waals surface area contributed by atoms with Crippen molar-refractivity contribution in [1.29, 1.82) is 0 Å². The molecular weight excluding hydrogens is 476 g/mol. The molecule has 36 heavy (non-hydrogen) atoms. The molecule has 2 heterocycles. The molecule has 0 fully saturated rings. The molecule has 10 heteroatoms. The Kier molecular flexibility index (Phi) is 5.55. The number of hydrogen-bond acceptors (Lipinski definition) is 3. The summed E-state index contributed by atoms with van der Waals surface area (Å²) >= 11 is 0. The van der Waals surface area contributed by atoms with Gasteiger partial charge in [0.05, 0.1) is 30.4 Å². The monoisotopic (exact) mass is 496 g/mol. The normalized spacial score (nSPS) is 13.8. The highest BCUT2D eigenvalue weighted by molar-refractivity contribution is 5.89. The minimum absolute atomic E-state index is 0.146. The van der Waals surface area contributed by atoms with E-state index in [-0.39, 0.29) is 12.0 Å². The summed E-state index contributed by atoms with van der Waals surface area (Å²) in [6.45, 7) is -0.840. The van der Waals surface area contributed by atoms with Crippen LogP contribution in [-0.4, -0.2) is 31.5 Å². The van der Waals surface area contributed by atoms with Gasteiger partial charge >= 0.3 is 6.18 Å². The van der Waals surface area contributed by atoms with Crippen LogP contribution >= 0.6 is 0 Å². The number of para-hydroxylation sites is 1. The number of rotatable bonds is 6. The number of primary amides is 1. The van der Waals surface area contributed by atoms with Gasteiger partial charge in [-0.15, -0.1) is 0 Å². The van der Waals surface area contributed by atoms with E-state index < -0.39 is 30.0 Å². The maximum atomic E-state index is 14.4. The van der Waals surface area contributed by atoms with Crippen molar-refractivity contribution < 1.29 is 27.5 Å². The number of carbonyl (C=O) groups is 1. The first-order valence-corrected chi connectivity index (χ1v) is 11.0. The molecule has 0 aliphatic carbocycles. The van der Waals surface area contributed by atoms with Gasteiger partial charge in [0.1, 0.15) is 5.82 Å². The van der Waals surface area contributed by atoms with Crippen LogP contribution in [0.15, 0.2) is 79.1 Å². The fourth-order valence-corrected chi connectivity index (χ4v) is 4.45. The summed E-state index contributed by atoms with van der Waals surface area (Å²) in [5.74, 6) is -1.04. The summed E-state index contributed by atoms with van der Waals surface area (Å²) in [4.78, 5) is 11.5. The topological polar surface area (TPSA) is 86.1 Å². The van der Waals surface area contributed by atoms with Crippen molar-refractivity contribution in [3.63, 3.8) is 0 Å².